The van der Waals surface area contributed by atoms with E-state index in [9.17, 15) is 14.7 Å². The topological polar surface area (TPSA) is 85.3 Å². The molecule has 1 aromatic heterocycles. The third-order valence-electron chi connectivity index (χ3n) is 5.33. The maximum atomic E-state index is 13.0. The number of likely N-dealkylation sites (tertiary alicyclic amines) is 1. The number of Topliss-reactive ketones (excluding diaryl/α,β-unsaturated/α-hetero) is 1. The molecule has 1 unspecified atom stereocenters. The van der Waals surface area contributed by atoms with Crippen LogP contribution in [0.1, 0.15) is 42.3 Å². The molecule has 7 nitrogen and oxygen atoms in total. The molecule has 0 aliphatic carbocycles. The summed E-state index contributed by atoms with van der Waals surface area (Å²) >= 11 is 1.47. The molecule has 1 atom stereocenters. The fourth-order valence-electron chi connectivity index (χ4n) is 3.80. The molecule has 1 saturated heterocycles. The Balaban J connectivity index is 1.73. The van der Waals surface area contributed by atoms with Crippen molar-refractivity contribution in [3.8, 4) is 11.5 Å². The van der Waals surface area contributed by atoms with Gasteiger partial charge in [-0.25, -0.2) is 0 Å². The number of amides is 1. The summed E-state index contributed by atoms with van der Waals surface area (Å²) in [5.41, 5.74) is 1.47. The molecule has 0 spiro atoms. The highest BCUT2D eigenvalue weighted by atomic mass is 32.1. The van der Waals surface area contributed by atoms with Gasteiger partial charge in [0.2, 0.25) is 6.79 Å². The largest absolute Gasteiger partial charge is 0.507 e. The molecule has 2 aliphatic rings. The standard InChI is InChI=1S/C23H25NO6S/c1-13(2)28-9-4-8-24-19(22-14(3)7-10-31-22)18(21(26)23(24)27)20(25)15-5-6-16-17(11-15)30-12-29-16/h5-7,10-11,13,19,25H,4,8-9,12H2,1-3H3/b20-18-. The number of hydrogen-bond acceptors (Lipinski definition) is 7. The Kier molecular flexibility index (Phi) is 6.02. The lowest BCUT2D eigenvalue weighted by molar-refractivity contribution is -0.140. The van der Waals surface area contributed by atoms with Gasteiger partial charge in [-0.2, -0.15) is 0 Å². The molecule has 4 rings (SSSR count). The fourth-order valence-corrected chi connectivity index (χ4v) is 4.85. The van der Waals surface area contributed by atoms with Crippen molar-refractivity contribution < 1.29 is 28.9 Å². The Morgan fingerprint density at radius 1 is 1.26 bits per heavy atom. The van der Waals surface area contributed by atoms with Gasteiger partial charge in [-0.3, -0.25) is 9.59 Å². The van der Waals surface area contributed by atoms with E-state index in [0.717, 1.165) is 10.4 Å². The van der Waals surface area contributed by atoms with Gasteiger partial charge in [0.15, 0.2) is 11.5 Å². The van der Waals surface area contributed by atoms with Crippen molar-refractivity contribution in [2.75, 3.05) is 19.9 Å². The van der Waals surface area contributed by atoms with Gasteiger partial charge in [-0.1, -0.05) is 0 Å². The van der Waals surface area contributed by atoms with Crippen LogP contribution in [-0.2, 0) is 14.3 Å². The summed E-state index contributed by atoms with van der Waals surface area (Å²) in [6, 6.07) is 6.28. The second kappa shape index (κ2) is 8.72. The van der Waals surface area contributed by atoms with Gasteiger partial charge in [0.25, 0.3) is 11.7 Å². The van der Waals surface area contributed by atoms with Crippen molar-refractivity contribution in [2.45, 2.75) is 39.3 Å². The molecule has 164 valence electrons. The molecule has 0 bridgehead atoms. The average Bonchev–Trinajstić information content (AvgIpc) is 3.44. The zero-order valence-electron chi connectivity index (χ0n) is 17.7. The number of aryl methyl sites for hydroxylation is 1. The van der Waals surface area contributed by atoms with Crippen molar-refractivity contribution in [1.82, 2.24) is 4.90 Å². The lowest BCUT2D eigenvalue weighted by Crippen LogP contribution is -2.31. The van der Waals surface area contributed by atoms with Crippen molar-refractivity contribution >= 4 is 28.8 Å². The molecule has 1 aromatic carbocycles. The van der Waals surface area contributed by atoms with Gasteiger partial charge in [0, 0.05) is 23.6 Å². The van der Waals surface area contributed by atoms with Crippen LogP contribution in [0.3, 0.4) is 0 Å². The van der Waals surface area contributed by atoms with Gasteiger partial charge in [0.05, 0.1) is 17.7 Å². The molecule has 8 heteroatoms. The lowest BCUT2D eigenvalue weighted by atomic mass is 9.98. The number of carbonyl (C=O) groups excluding carboxylic acids is 2. The maximum Gasteiger partial charge on any atom is 0.295 e. The molecule has 1 amide bonds. The number of aliphatic hydroxyl groups excluding tert-OH is 1. The molecule has 0 saturated carbocycles. The van der Waals surface area contributed by atoms with E-state index in [1.807, 2.05) is 32.2 Å². The van der Waals surface area contributed by atoms with Gasteiger partial charge in [-0.05, 0) is 62.4 Å². The zero-order chi connectivity index (χ0) is 22.1. The maximum absolute atomic E-state index is 13.0. The Morgan fingerprint density at radius 2 is 2.03 bits per heavy atom. The van der Waals surface area contributed by atoms with Crippen LogP contribution in [0.15, 0.2) is 35.2 Å². The first kappa shape index (κ1) is 21.4. The summed E-state index contributed by atoms with van der Waals surface area (Å²) < 4.78 is 16.3. The summed E-state index contributed by atoms with van der Waals surface area (Å²) in [7, 11) is 0. The number of ether oxygens (including phenoxy) is 3. The molecule has 31 heavy (non-hydrogen) atoms. The SMILES string of the molecule is Cc1ccsc1C1/C(=C(/O)c2ccc3c(c2)OCO3)C(=O)C(=O)N1CCCOC(C)C. The second-order valence-corrected chi connectivity index (χ2v) is 8.75. The number of benzene rings is 1. The van der Waals surface area contributed by atoms with Crippen LogP contribution >= 0.6 is 11.3 Å². The summed E-state index contributed by atoms with van der Waals surface area (Å²) in [5, 5.41) is 13.0. The van der Waals surface area contributed by atoms with Crippen LogP contribution in [0.25, 0.3) is 5.76 Å². The predicted molar refractivity (Wildman–Crippen MR) is 116 cm³/mol. The van der Waals surface area contributed by atoms with Crippen LogP contribution in [0.2, 0.25) is 0 Å². The number of nitrogens with zero attached hydrogens (tertiary/aromatic N) is 1. The van der Waals surface area contributed by atoms with Gasteiger partial charge < -0.3 is 24.2 Å². The highest BCUT2D eigenvalue weighted by Gasteiger charge is 2.46. The van der Waals surface area contributed by atoms with E-state index in [1.165, 1.54) is 11.3 Å². The van der Waals surface area contributed by atoms with Crippen molar-refractivity contribution in [1.29, 1.82) is 0 Å². The molecular formula is C23H25NO6S. The van der Waals surface area contributed by atoms with E-state index in [2.05, 4.69) is 0 Å². The highest BCUT2D eigenvalue weighted by Crippen LogP contribution is 2.43. The van der Waals surface area contributed by atoms with Crippen LogP contribution in [0, 0.1) is 6.92 Å². The predicted octanol–water partition coefficient (Wildman–Crippen LogP) is 4.02. The number of aliphatic hydroxyl groups is 1. The van der Waals surface area contributed by atoms with E-state index in [0.29, 0.717) is 36.6 Å². The quantitative estimate of drug-likeness (QED) is 0.301. The Labute approximate surface area is 184 Å². The Hall–Kier alpha value is -2.84. The number of carbonyl (C=O) groups is 2. The molecule has 2 aliphatic heterocycles. The number of hydrogen-bond donors (Lipinski definition) is 1. The van der Waals surface area contributed by atoms with E-state index in [4.69, 9.17) is 14.2 Å². The number of fused-ring (bicyclic) bond motifs is 1. The van der Waals surface area contributed by atoms with Crippen LogP contribution in [0.5, 0.6) is 11.5 Å². The van der Waals surface area contributed by atoms with Crippen molar-refractivity contribution in [3.63, 3.8) is 0 Å². The normalized spacial score (nSPS) is 19.6. The first-order valence-electron chi connectivity index (χ1n) is 10.2. The molecule has 1 N–H and O–H groups in total. The Morgan fingerprint density at radius 3 is 2.74 bits per heavy atom. The molecule has 2 aromatic rings. The monoisotopic (exact) mass is 443 g/mol. The third kappa shape index (κ3) is 4.05. The first-order valence-corrected chi connectivity index (χ1v) is 11.1. The second-order valence-electron chi connectivity index (χ2n) is 7.80. The minimum atomic E-state index is -0.683. The van der Waals surface area contributed by atoms with E-state index < -0.39 is 17.7 Å². The Bertz CT molecular complexity index is 1040. The van der Waals surface area contributed by atoms with Gasteiger partial charge in [-0.15, -0.1) is 11.3 Å². The number of ketones is 1. The summed E-state index contributed by atoms with van der Waals surface area (Å²) in [5.74, 6) is -0.432. The van der Waals surface area contributed by atoms with E-state index in [1.54, 1.807) is 23.1 Å². The van der Waals surface area contributed by atoms with Gasteiger partial charge in [0.1, 0.15) is 5.76 Å². The summed E-state index contributed by atoms with van der Waals surface area (Å²) in [6.45, 7) is 6.79. The molecule has 3 heterocycles. The van der Waals surface area contributed by atoms with Crippen LogP contribution in [0.4, 0.5) is 0 Å². The van der Waals surface area contributed by atoms with Gasteiger partial charge >= 0.3 is 0 Å². The van der Waals surface area contributed by atoms with Crippen molar-refractivity contribution in [3.05, 3.63) is 51.2 Å². The van der Waals surface area contributed by atoms with Crippen LogP contribution < -0.4 is 9.47 Å². The molecule has 0 radical (unpaired) electrons. The van der Waals surface area contributed by atoms with E-state index in [-0.39, 0.29) is 24.2 Å². The van der Waals surface area contributed by atoms with Crippen molar-refractivity contribution in [2.24, 2.45) is 0 Å². The zero-order valence-corrected chi connectivity index (χ0v) is 18.5. The minimum Gasteiger partial charge on any atom is -0.507 e. The third-order valence-corrected chi connectivity index (χ3v) is 6.40. The lowest BCUT2D eigenvalue weighted by Gasteiger charge is -2.25. The first-order chi connectivity index (χ1) is 14.9. The van der Waals surface area contributed by atoms with Crippen LogP contribution in [-0.4, -0.2) is 47.7 Å². The highest BCUT2D eigenvalue weighted by molar-refractivity contribution is 7.10. The summed E-state index contributed by atoms with van der Waals surface area (Å²) in [4.78, 5) is 28.4. The van der Waals surface area contributed by atoms with E-state index >= 15 is 0 Å². The number of rotatable bonds is 7. The summed E-state index contributed by atoms with van der Waals surface area (Å²) in [6.07, 6.45) is 0.688. The number of thiophene rings is 1. The smallest absolute Gasteiger partial charge is 0.295 e. The fraction of sp³-hybridized carbons (Fsp3) is 0.391. The molecule has 1 fully saturated rings. The minimum absolute atomic E-state index is 0.0942. The average molecular weight is 444 g/mol. The molecular weight excluding hydrogens is 418 g/mol.